The molecule has 15 heteroatoms. The summed E-state index contributed by atoms with van der Waals surface area (Å²) in [5.74, 6) is 3.31. The number of hydrogen-bond acceptors (Lipinski definition) is 12. The molecule has 15 rings (SSSR count). The van der Waals surface area contributed by atoms with Crippen molar-refractivity contribution in [3.63, 3.8) is 0 Å². The van der Waals surface area contributed by atoms with Gasteiger partial charge in [-0.1, -0.05) is 120 Å². The molecule has 9 heterocycles. The molecule has 3 aliphatic heterocycles. The third-order valence-corrected chi connectivity index (χ3v) is 17.5. The Morgan fingerprint density at radius 3 is 1.30 bits per heavy atom. The third-order valence-electron chi connectivity index (χ3n) is 16.5. The summed E-state index contributed by atoms with van der Waals surface area (Å²) >= 11 is 20.0. The van der Waals surface area contributed by atoms with Gasteiger partial charge >= 0.3 is 0 Å². The molecule has 6 aromatic carbocycles. The van der Waals surface area contributed by atoms with Crippen LogP contribution in [0.25, 0.3) is 88.7 Å². The summed E-state index contributed by atoms with van der Waals surface area (Å²) in [6, 6.07) is 52.0. The van der Waals surface area contributed by atoms with Gasteiger partial charge in [0.25, 0.3) is 0 Å². The first-order valence-corrected chi connectivity index (χ1v) is 28.6. The van der Waals surface area contributed by atoms with Gasteiger partial charge in [-0.15, -0.1) is 0 Å². The van der Waals surface area contributed by atoms with Crippen molar-refractivity contribution in [2.75, 3.05) is 54.0 Å². The minimum atomic E-state index is 0.144. The largest absolute Gasteiger partial charge is 0.355 e. The fraction of sp³-hybridized carbons (Fsp3) is 0.149. The van der Waals surface area contributed by atoms with Crippen LogP contribution in [0.5, 0.6) is 0 Å². The lowest BCUT2D eigenvalue weighted by atomic mass is 9.89. The van der Waals surface area contributed by atoms with Crippen molar-refractivity contribution in [3.05, 3.63) is 227 Å². The van der Waals surface area contributed by atoms with Gasteiger partial charge in [0.1, 0.15) is 17.5 Å². The number of hydrogen-bond donors (Lipinski definition) is 0. The van der Waals surface area contributed by atoms with Crippen LogP contribution in [-0.4, -0.2) is 84.1 Å². The molecule has 0 N–H and O–H groups in total. The number of aryl methyl sites for hydroxylation is 1. The number of nitrogens with zero attached hydrogens (tertiary/aromatic N) is 12. The molecule has 0 atom stereocenters. The number of aromatic nitrogens is 9. The van der Waals surface area contributed by atoms with E-state index in [1.54, 1.807) is 43.2 Å². The molecule has 0 spiro atoms. The molecule has 0 amide bonds. The molecule has 6 aromatic heterocycles. The Bertz CT molecular complexity index is 4500. The van der Waals surface area contributed by atoms with Crippen LogP contribution in [0.2, 0.25) is 15.1 Å². The predicted octanol–water partition coefficient (Wildman–Crippen LogP) is 15.1. The lowest BCUT2D eigenvalue weighted by Gasteiger charge is -2.40. The zero-order chi connectivity index (χ0) is 55.0. The van der Waals surface area contributed by atoms with Gasteiger partial charge in [-0.25, -0.2) is 15.0 Å². The Labute approximate surface area is 488 Å². The van der Waals surface area contributed by atoms with E-state index in [1.807, 2.05) is 42.5 Å². The lowest BCUT2D eigenvalue weighted by Crippen LogP contribution is -2.46. The SMILES string of the molecule is Cc1cc(-c2nccnc2C2CN(c3cc(-c4ccc(-c5nccnc5C5CN(c6ccc7ccccc7n6)C5)cc4Cl)c4ccccc4n3)C2)ccc1-c1cc(N2CC(c3nccnc3-c3ccc(Cl)c(Cl)c3)C2)nc2ccccc12. The molecule has 82 heavy (non-hydrogen) atoms. The first-order chi connectivity index (χ1) is 40.2. The Morgan fingerprint density at radius 2 is 0.780 bits per heavy atom. The molecule has 0 aliphatic carbocycles. The molecule has 0 unspecified atom stereocenters. The second kappa shape index (κ2) is 20.6. The second-order valence-corrected chi connectivity index (χ2v) is 22.7. The van der Waals surface area contributed by atoms with E-state index in [-0.39, 0.29) is 17.8 Å². The topological polar surface area (TPSA) is 126 Å². The van der Waals surface area contributed by atoms with Crippen molar-refractivity contribution in [2.45, 2.75) is 24.7 Å². The van der Waals surface area contributed by atoms with Crippen LogP contribution in [0.3, 0.4) is 0 Å². The van der Waals surface area contributed by atoms with Crippen LogP contribution >= 0.6 is 34.8 Å². The molecule has 0 bridgehead atoms. The number of rotatable bonds is 11. The summed E-state index contributed by atoms with van der Waals surface area (Å²) in [5, 5.41) is 4.89. The second-order valence-electron chi connectivity index (χ2n) is 21.5. The van der Waals surface area contributed by atoms with E-state index >= 15 is 0 Å². The molecule has 12 aromatic rings. The lowest BCUT2D eigenvalue weighted by molar-refractivity contribution is 0.509. The maximum absolute atomic E-state index is 7.34. The van der Waals surface area contributed by atoms with Crippen LogP contribution in [0, 0.1) is 6.92 Å². The van der Waals surface area contributed by atoms with Gasteiger partial charge in [0.05, 0.1) is 60.8 Å². The van der Waals surface area contributed by atoms with Crippen molar-refractivity contribution in [3.8, 4) is 56.0 Å². The maximum Gasteiger partial charge on any atom is 0.129 e. The molecular formula is C67H49Cl3N12. The Morgan fingerprint density at radius 1 is 0.354 bits per heavy atom. The van der Waals surface area contributed by atoms with Crippen molar-refractivity contribution in [1.82, 2.24) is 44.9 Å². The standard InChI is InChI=1S/C67H49Cl3N12/c1-39-28-41(14-18-47(39)51-31-60(78-57-12-6-3-9-49(51)57)81-37-46(38-81)67-64(73-24-27-76-67)43-16-20-53(68)55(70)30-43)62-65(74-25-22-71-62)45-35-82(36-45)61-32-52(50-10-4-7-13-58(50)79-61)48-19-15-42(29-54(48)69)63-66(75-26-23-72-63)44-33-80(34-44)59-21-17-40-8-2-5-11-56(40)77-59/h2-32,44-46H,33-38H2,1H3. The summed E-state index contributed by atoms with van der Waals surface area (Å²) in [4.78, 5) is 51.5. The Balaban J connectivity index is 0.664. The summed E-state index contributed by atoms with van der Waals surface area (Å²) in [6.45, 7) is 6.78. The number of benzene rings is 6. The zero-order valence-corrected chi connectivity index (χ0v) is 46.6. The van der Waals surface area contributed by atoms with Crippen molar-refractivity contribution in [1.29, 1.82) is 0 Å². The summed E-state index contributed by atoms with van der Waals surface area (Å²) in [6.07, 6.45) is 10.6. The van der Waals surface area contributed by atoms with Gasteiger partial charge in [-0.3, -0.25) is 29.9 Å². The normalized spacial score (nSPS) is 14.8. The van der Waals surface area contributed by atoms with Gasteiger partial charge < -0.3 is 14.7 Å². The van der Waals surface area contributed by atoms with Crippen LogP contribution in [0.15, 0.2) is 189 Å². The first kappa shape index (κ1) is 50.1. The van der Waals surface area contributed by atoms with Gasteiger partial charge in [0.2, 0.25) is 0 Å². The number of anilines is 3. The monoisotopic (exact) mass is 1130 g/mol. The van der Waals surface area contributed by atoms with E-state index in [4.69, 9.17) is 79.7 Å². The van der Waals surface area contributed by atoms with Crippen LogP contribution in [0.4, 0.5) is 17.5 Å². The average molecular weight is 1130 g/mol. The highest BCUT2D eigenvalue weighted by molar-refractivity contribution is 6.42. The third kappa shape index (κ3) is 8.98. The minimum Gasteiger partial charge on any atom is -0.355 e. The highest BCUT2D eigenvalue weighted by atomic mass is 35.5. The molecule has 3 saturated heterocycles. The van der Waals surface area contributed by atoms with Crippen LogP contribution in [-0.2, 0) is 0 Å². The predicted molar refractivity (Wildman–Crippen MR) is 330 cm³/mol. The Hall–Kier alpha value is -8.94. The number of pyridine rings is 3. The van der Waals surface area contributed by atoms with Crippen molar-refractivity contribution in [2.24, 2.45) is 0 Å². The van der Waals surface area contributed by atoms with Gasteiger partial charge in [-0.05, 0) is 95.9 Å². The number of para-hydroxylation sites is 3. The van der Waals surface area contributed by atoms with Gasteiger partial charge in [0, 0.05) is 138 Å². The van der Waals surface area contributed by atoms with E-state index in [9.17, 15) is 0 Å². The van der Waals surface area contributed by atoms with Crippen LogP contribution < -0.4 is 14.7 Å². The van der Waals surface area contributed by atoms with E-state index in [2.05, 4.69) is 125 Å². The molecule has 3 fully saturated rings. The summed E-state index contributed by atoms with van der Waals surface area (Å²) < 4.78 is 0. The van der Waals surface area contributed by atoms with Crippen molar-refractivity contribution < 1.29 is 0 Å². The molecule has 398 valence electrons. The highest BCUT2D eigenvalue weighted by Gasteiger charge is 2.36. The van der Waals surface area contributed by atoms with E-state index in [0.29, 0.717) is 15.1 Å². The quantitative estimate of drug-likeness (QED) is 0.122. The number of fused-ring (bicyclic) bond motifs is 3. The van der Waals surface area contributed by atoms with Gasteiger partial charge in [-0.2, -0.15) is 0 Å². The number of halogens is 3. The highest BCUT2D eigenvalue weighted by Crippen LogP contribution is 2.44. The van der Waals surface area contributed by atoms with Crippen LogP contribution in [0.1, 0.15) is 40.4 Å². The summed E-state index contributed by atoms with van der Waals surface area (Å²) in [7, 11) is 0. The van der Waals surface area contributed by atoms with E-state index in [1.165, 1.54) is 0 Å². The van der Waals surface area contributed by atoms with E-state index < -0.39 is 0 Å². The smallest absolute Gasteiger partial charge is 0.129 e. The zero-order valence-electron chi connectivity index (χ0n) is 44.4. The fourth-order valence-electron chi connectivity index (χ4n) is 12.1. The fourth-order valence-corrected chi connectivity index (χ4v) is 12.7. The first-order valence-electron chi connectivity index (χ1n) is 27.4. The Kier molecular flexibility index (Phi) is 12.5. The summed E-state index contributed by atoms with van der Waals surface area (Å²) in [5.41, 5.74) is 16.5. The molecule has 0 radical (unpaired) electrons. The molecular weight excluding hydrogens is 1080 g/mol. The van der Waals surface area contributed by atoms with Gasteiger partial charge in [0.15, 0.2) is 0 Å². The van der Waals surface area contributed by atoms with Crippen molar-refractivity contribution >= 4 is 85.0 Å². The van der Waals surface area contributed by atoms with E-state index in [0.717, 1.165) is 168 Å². The molecule has 0 saturated carbocycles. The maximum atomic E-state index is 7.34. The molecule has 3 aliphatic rings. The average Bonchev–Trinajstić information content (AvgIpc) is 3.51. The molecule has 12 nitrogen and oxygen atoms in total. The minimum absolute atomic E-state index is 0.144.